The first-order chi connectivity index (χ1) is 11.6. The highest BCUT2D eigenvalue weighted by Gasteiger charge is 2.07. The van der Waals surface area contributed by atoms with Crippen LogP contribution in [0.3, 0.4) is 0 Å². The highest BCUT2D eigenvalue weighted by atomic mass is 32.1. The van der Waals surface area contributed by atoms with Crippen molar-refractivity contribution in [3.63, 3.8) is 0 Å². The highest BCUT2D eigenvalue weighted by molar-refractivity contribution is 7.80. The molecule has 6 heteroatoms. The number of amides is 1. The summed E-state index contributed by atoms with van der Waals surface area (Å²) >= 11 is 5.16. The molecule has 2 aromatic carbocycles. The Morgan fingerprint density at radius 3 is 2.25 bits per heavy atom. The van der Waals surface area contributed by atoms with Crippen LogP contribution in [0.25, 0.3) is 0 Å². The second-order valence-corrected chi connectivity index (χ2v) is 5.39. The molecule has 0 aliphatic rings. The van der Waals surface area contributed by atoms with Gasteiger partial charge in [-0.2, -0.15) is 0 Å². The second-order valence-electron chi connectivity index (χ2n) is 4.98. The number of thiocarbonyl (C=S) groups is 1. The smallest absolute Gasteiger partial charge is 0.230 e. The fourth-order valence-electron chi connectivity index (χ4n) is 2.06. The van der Waals surface area contributed by atoms with Gasteiger partial charge < -0.3 is 20.1 Å². The third kappa shape index (κ3) is 5.55. The number of hydrogen-bond acceptors (Lipinski definition) is 4. The Bertz CT molecular complexity index is 684. The van der Waals surface area contributed by atoms with Crippen LogP contribution in [0.4, 0.5) is 5.69 Å². The summed E-state index contributed by atoms with van der Waals surface area (Å²) in [5, 5.41) is 5.90. The van der Waals surface area contributed by atoms with E-state index in [1.165, 1.54) is 0 Å². The van der Waals surface area contributed by atoms with E-state index in [2.05, 4.69) is 10.6 Å². The van der Waals surface area contributed by atoms with Crippen LogP contribution in [-0.4, -0.2) is 24.7 Å². The van der Waals surface area contributed by atoms with E-state index < -0.39 is 0 Å². The first kappa shape index (κ1) is 17.7. The molecule has 5 nitrogen and oxygen atoms in total. The summed E-state index contributed by atoms with van der Waals surface area (Å²) in [5.41, 5.74) is 1.67. The van der Waals surface area contributed by atoms with Gasteiger partial charge in [-0.1, -0.05) is 12.1 Å². The summed E-state index contributed by atoms with van der Waals surface area (Å²) in [5.74, 6) is 1.37. The summed E-state index contributed by atoms with van der Waals surface area (Å²) in [7, 11) is 1.60. The van der Waals surface area contributed by atoms with E-state index in [9.17, 15) is 4.79 Å². The summed E-state index contributed by atoms with van der Waals surface area (Å²) in [4.78, 5) is 12.0. The molecule has 2 N–H and O–H groups in total. The van der Waals surface area contributed by atoms with E-state index in [4.69, 9.17) is 21.7 Å². The molecule has 2 rings (SSSR count). The largest absolute Gasteiger partial charge is 0.497 e. The molecule has 0 unspecified atom stereocenters. The SMILES string of the molecule is CCOc1ccc(NC(=S)NC(=O)Cc2ccc(OC)cc2)cc1. The van der Waals surface area contributed by atoms with Crippen molar-refractivity contribution < 1.29 is 14.3 Å². The van der Waals surface area contributed by atoms with E-state index in [1.54, 1.807) is 7.11 Å². The number of carbonyl (C=O) groups excluding carboxylic acids is 1. The van der Waals surface area contributed by atoms with E-state index in [0.29, 0.717) is 6.61 Å². The van der Waals surface area contributed by atoms with Crippen molar-refractivity contribution in [1.82, 2.24) is 5.32 Å². The Kier molecular flexibility index (Phi) is 6.57. The van der Waals surface area contributed by atoms with E-state index >= 15 is 0 Å². The van der Waals surface area contributed by atoms with Crippen LogP contribution >= 0.6 is 12.2 Å². The van der Waals surface area contributed by atoms with Gasteiger partial charge in [-0.25, -0.2) is 0 Å². The van der Waals surface area contributed by atoms with Crippen molar-refractivity contribution in [3.8, 4) is 11.5 Å². The third-order valence-electron chi connectivity index (χ3n) is 3.20. The topological polar surface area (TPSA) is 59.6 Å². The van der Waals surface area contributed by atoms with Gasteiger partial charge in [0.25, 0.3) is 0 Å². The lowest BCUT2D eigenvalue weighted by atomic mass is 10.1. The van der Waals surface area contributed by atoms with Crippen molar-refractivity contribution >= 4 is 28.9 Å². The van der Waals surface area contributed by atoms with Gasteiger partial charge in [0.2, 0.25) is 5.91 Å². The molecular formula is C18H20N2O3S. The van der Waals surface area contributed by atoms with Crippen LogP contribution in [0.15, 0.2) is 48.5 Å². The maximum absolute atomic E-state index is 12.0. The third-order valence-corrected chi connectivity index (χ3v) is 3.40. The van der Waals surface area contributed by atoms with Crippen molar-refractivity contribution in [2.75, 3.05) is 19.0 Å². The van der Waals surface area contributed by atoms with Crippen molar-refractivity contribution in [2.24, 2.45) is 0 Å². The number of benzene rings is 2. The Morgan fingerprint density at radius 2 is 1.67 bits per heavy atom. The monoisotopic (exact) mass is 344 g/mol. The molecule has 0 spiro atoms. The maximum Gasteiger partial charge on any atom is 0.230 e. The molecule has 0 saturated carbocycles. The first-order valence-corrected chi connectivity index (χ1v) is 7.98. The minimum Gasteiger partial charge on any atom is -0.497 e. The van der Waals surface area contributed by atoms with Gasteiger partial charge in [0.05, 0.1) is 20.1 Å². The van der Waals surface area contributed by atoms with Gasteiger partial charge in [-0.3, -0.25) is 4.79 Å². The van der Waals surface area contributed by atoms with Crippen LogP contribution in [-0.2, 0) is 11.2 Å². The molecule has 1 amide bonds. The minimum absolute atomic E-state index is 0.177. The number of anilines is 1. The Hall–Kier alpha value is -2.60. The molecule has 24 heavy (non-hydrogen) atoms. The lowest BCUT2D eigenvalue weighted by Crippen LogP contribution is -2.35. The average molecular weight is 344 g/mol. The van der Waals surface area contributed by atoms with Crippen LogP contribution in [0, 0.1) is 0 Å². The van der Waals surface area contributed by atoms with Crippen molar-refractivity contribution in [3.05, 3.63) is 54.1 Å². The van der Waals surface area contributed by atoms with Crippen molar-refractivity contribution in [1.29, 1.82) is 0 Å². The Balaban J connectivity index is 1.83. The minimum atomic E-state index is -0.177. The normalized spacial score (nSPS) is 9.92. The van der Waals surface area contributed by atoms with Gasteiger partial charge in [-0.05, 0) is 61.1 Å². The average Bonchev–Trinajstić information content (AvgIpc) is 2.57. The molecule has 0 aromatic heterocycles. The number of nitrogens with one attached hydrogen (secondary N) is 2. The quantitative estimate of drug-likeness (QED) is 0.789. The summed E-state index contributed by atoms with van der Waals surface area (Å²) in [6, 6.07) is 14.7. The number of ether oxygens (including phenoxy) is 2. The summed E-state index contributed by atoms with van der Waals surface area (Å²) in [6.07, 6.45) is 0.245. The predicted molar refractivity (Wildman–Crippen MR) is 98.7 cm³/mol. The predicted octanol–water partition coefficient (Wildman–Crippen LogP) is 3.15. The van der Waals surface area contributed by atoms with Gasteiger partial charge in [-0.15, -0.1) is 0 Å². The molecule has 0 heterocycles. The molecule has 0 atom stereocenters. The van der Waals surface area contributed by atoms with Crippen LogP contribution in [0.1, 0.15) is 12.5 Å². The first-order valence-electron chi connectivity index (χ1n) is 7.57. The zero-order valence-electron chi connectivity index (χ0n) is 13.7. The molecule has 126 valence electrons. The molecule has 0 aliphatic heterocycles. The number of rotatable bonds is 6. The summed E-state index contributed by atoms with van der Waals surface area (Å²) in [6.45, 7) is 2.55. The van der Waals surface area contributed by atoms with Crippen LogP contribution in [0.2, 0.25) is 0 Å². The van der Waals surface area contributed by atoms with Crippen LogP contribution in [0.5, 0.6) is 11.5 Å². The van der Waals surface area contributed by atoms with E-state index in [0.717, 1.165) is 22.7 Å². The van der Waals surface area contributed by atoms with E-state index in [1.807, 2.05) is 55.5 Å². The van der Waals surface area contributed by atoms with Gasteiger partial charge in [0.15, 0.2) is 5.11 Å². The van der Waals surface area contributed by atoms with Gasteiger partial charge in [0.1, 0.15) is 11.5 Å². The Morgan fingerprint density at radius 1 is 1.04 bits per heavy atom. The molecule has 0 fully saturated rings. The Labute approximate surface area is 147 Å². The number of hydrogen-bond donors (Lipinski definition) is 2. The van der Waals surface area contributed by atoms with Crippen LogP contribution < -0.4 is 20.1 Å². The maximum atomic E-state index is 12.0. The molecule has 0 radical (unpaired) electrons. The fourth-order valence-corrected chi connectivity index (χ4v) is 2.29. The van der Waals surface area contributed by atoms with Crippen molar-refractivity contribution in [2.45, 2.75) is 13.3 Å². The second kappa shape index (κ2) is 8.88. The highest BCUT2D eigenvalue weighted by Crippen LogP contribution is 2.15. The molecule has 0 bridgehead atoms. The zero-order valence-corrected chi connectivity index (χ0v) is 14.5. The molecule has 2 aromatic rings. The van der Waals surface area contributed by atoms with Gasteiger partial charge in [0, 0.05) is 5.69 Å². The number of methoxy groups -OCH3 is 1. The van der Waals surface area contributed by atoms with Gasteiger partial charge >= 0.3 is 0 Å². The molecule has 0 aliphatic carbocycles. The molecule has 0 saturated heterocycles. The number of carbonyl (C=O) groups is 1. The fraction of sp³-hybridized carbons (Fsp3) is 0.222. The lowest BCUT2D eigenvalue weighted by molar-refractivity contribution is -0.119. The lowest BCUT2D eigenvalue weighted by Gasteiger charge is -2.10. The molecular weight excluding hydrogens is 324 g/mol. The zero-order chi connectivity index (χ0) is 17.4. The summed E-state index contributed by atoms with van der Waals surface area (Å²) < 4.78 is 10.5. The van der Waals surface area contributed by atoms with E-state index in [-0.39, 0.29) is 17.4 Å². The standard InChI is InChI=1S/C18H20N2O3S/c1-3-23-16-10-6-14(7-11-16)19-18(24)20-17(21)12-13-4-8-15(22-2)9-5-13/h4-11H,3,12H2,1-2H3,(H2,19,20,21,24).